The summed E-state index contributed by atoms with van der Waals surface area (Å²) in [6.45, 7) is 0. The predicted octanol–water partition coefficient (Wildman–Crippen LogP) is 3.77. The van der Waals surface area contributed by atoms with Gasteiger partial charge in [0.05, 0.1) is 16.9 Å². The monoisotopic (exact) mass is 426 g/mol. The molecule has 2 amide bonds. The van der Waals surface area contributed by atoms with Crippen molar-refractivity contribution < 1.29 is 9.59 Å². The first-order valence-electron chi connectivity index (χ1n) is 7.34. The van der Waals surface area contributed by atoms with Crippen molar-refractivity contribution in [2.45, 2.75) is 11.7 Å². The fourth-order valence-corrected chi connectivity index (χ4v) is 4.05. The number of nitrogens with two attached hydrogens (primary N) is 1. The Balaban J connectivity index is 1.71. The summed E-state index contributed by atoms with van der Waals surface area (Å²) in [5.74, 6) is -0.781. The second-order valence-corrected chi connectivity index (χ2v) is 8.22. The number of carbonyl (C=O) groups excluding carboxylic acids is 2. The fourth-order valence-electron chi connectivity index (χ4n) is 2.28. The second kappa shape index (κ2) is 8.22. The maximum absolute atomic E-state index is 12.6. The number of rotatable bonds is 4. The molecule has 3 rings (SSSR count). The lowest BCUT2D eigenvalue weighted by atomic mass is 10.3. The molecule has 0 aliphatic carbocycles. The Morgan fingerprint density at radius 1 is 1.35 bits per heavy atom. The van der Waals surface area contributed by atoms with Crippen molar-refractivity contribution in [2.75, 3.05) is 4.90 Å². The molecule has 1 aromatic heterocycles. The van der Waals surface area contributed by atoms with Gasteiger partial charge in [-0.2, -0.15) is 5.10 Å². The summed E-state index contributed by atoms with van der Waals surface area (Å²) in [6.07, 6.45) is 1.56. The van der Waals surface area contributed by atoms with E-state index < -0.39 is 11.2 Å². The van der Waals surface area contributed by atoms with Gasteiger partial charge in [0.1, 0.15) is 5.25 Å². The molecule has 1 fully saturated rings. The minimum Gasteiger partial charge on any atom is -0.377 e. The largest absolute Gasteiger partial charge is 0.377 e. The number of amides is 2. The first-order chi connectivity index (χ1) is 12.5. The molecule has 0 saturated carbocycles. The number of amidine groups is 1. The van der Waals surface area contributed by atoms with Crippen LogP contribution in [0.3, 0.4) is 0 Å². The number of imide groups is 1. The Hall–Kier alpha value is -1.87. The molecule has 6 nitrogen and oxygen atoms in total. The number of hydrogen-bond acceptors (Lipinski definition) is 6. The molecular formula is C16H12Cl2N4O2S2. The topological polar surface area (TPSA) is 88.1 Å². The Labute approximate surface area is 167 Å². The molecule has 134 valence electrons. The number of halogens is 2. The van der Waals surface area contributed by atoms with Crippen LogP contribution in [0.15, 0.2) is 45.9 Å². The van der Waals surface area contributed by atoms with E-state index >= 15 is 0 Å². The smallest absolute Gasteiger partial charge is 0.247 e. The highest BCUT2D eigenvalue weighted by Crippen LogP contribution is 2.35. The van der Waals surface area contributed by atoms with E-state index in [-0.39, 0.29) is 28.2 Å². The van der Waals surface area contributed by atoms with E-state index in [0.29, 0.717) is 5.02 Å². The number of thioether (sulfide) groups is 1. The van der Waals surface area contributed by atoms with E-state index in [1.807, 2.05) is 17.5 Å². The van der Waals surface area contributed by atoms with Crippen LogP contribution in [0.4, 0.5) is 5.69 Å². The van der Waals surface area contributed by atoms with Gasteiger partial charge in [0.2, 0.25) is 11.8 Å². The second-order valence-electron chi connectivity index (χ2n) is 5.17. The number of anilines is 1. The molecule has 0 radical (unpaired) electrons. The summed E-state index contributed by atoms with van der Waals surface area (Å²) < 4.78 is 0. The molecule has 2 N–H and O–H groups in total. The summed E-state index contributed by atoms with van der Waals surface area (Å²) in [7, 11) is 0. The van der Waals surface area contributed by atoms with Gasteiger partial charge in [-0.05, 0) is 29.6 Å². The minimum atomic E-state index is -0.682. The summed E-state index contributed by atoms with van der Waals surface area (Å²) in [6, 6.07) is 8.39. The van der Waals surface area contributed by atoms with Gasteiger partial charge in [-0.15, -0.1) is 16.4 Å². The molecule has 10 heteroatoms. The molecule has 1 atom stereocenters. The molecule has 1 aliphatic rings. The van der Waals surface area contributed by atoms with E-state index in [9.17, 15) is 9.59 Å². The highest BCUT2D eigenvalue weighted by Gasteiger charge is 2.41. The van der Waals surface area contributed by atoms with E-state index in [4.69, 9.17) is 28.9 Å². The zero-order chi connectivity index (χ0) is 18.7. The van der Waals surface area contributed by atoms with Gasteiger partial charge < -0.3 is 5.73 Å². The van der Waals surface area contributed by atoms with Crippen LogP contribution in [0.5, 0.6) is 0 Å². The Morgan fingerprint density at radius 2 is 2.15 bits per heavy atom. The van der Waals surface area contributed by atoms with Crippen molar-refractivity contribution >= 4 is 75.2 Å². The van der Waals surface area contributed by atoms with E-state index in [1.54, 1.807) is 12.3 Å². The molecule has 0 spiro atoms. The van der Waals surface area contributed by atoms with Crippen LogP contribution in [0.2, 0.25) is 10.0 Å². The van der Waals surface area contributed by atoms with Crippen LogP contribution in [0.25, 0.3) is 0 Å². The van der Waals surface area contributed by atoms with Crippen LogP contribution in [0, 0.1) is 0 Å². The van der Waals surface area contributed by atoms with Crippen molar-refractivity contribution in [3.8, 4) is 0 Å². The molecule has 1 saturated heterocycles. The fraction of sp³-hybridized carbons (Fsp3) is 0.125. The molecule has 1 aliphatic heterocycles. The van der Waals surface area contributed by atoms with Crippen molar-refractivity contribution in [1.29, 1.82) is 0 Å². The summed E-state index contributed by atoms with van der Waals surface area (Å²) in [4.78, 5) is 26.9. The highest BCUT2D eigenvalue weighted by molar-refractivity contribution is 8.14. The number of thiophene rings is 1. The van der Waals surface area contributed by atoms with Crippen LogP contribution in [0.1, 0.15) is 11.3 Å². The van der Waals surface area contributed by atoms with Gasteiger partial charge >= 0.3 is 0 Å². The Bertz CT molecular complexity index is 900. The van der Waals surface area contributed by atoms with Crippen molar-refractivity contribution in [1.82, 2.24) is 0 Å². The quantitative estimate of drug-likeness (QED) is 0.348. The zero-order valence-corrected chi connectivity index (χ0v) is 16.3. The molecule has 0 unspecified atom stereocenters. The molecular weight excluding hydrogens is 415 g/mol. The van der Waals surface area contributed by atoms with Gasteiger partial charge in [-0.25, -0.2) is 4.90 Å². The average Bonchev–Trinajstić information content (AvgIpc) is 3.19. The lowest BCUT2D eigenvalue weighted by Crippen LogP contribution is -2.32. The molecule has 2 heterocycles. The van der Waals surface area contributed by atoms with Crippen molar-refractivity contribution in [2.24, 2.45) is 15.9 Å². The maximum Gasteiger partial charge on any atom is 0.247 e. The summed E-state index contributed by atoms with van der Waals surface area (Å²) in [5.41, 5.74) is 6.08. The Morgan fingerprint density at radius 3 is 2.88 bits per heavy atom. The van der Waals surface area contributed by atoms with Gasteiger partial charge in [-0.1, -0.05) is 41.0 Å². The number of hydrogen-bond donors (Lipinski definition) is 1. The lowest BCUT2D eigenvalue weighted by molar-refractivity contribution is -0.121. The summed E-state index contributed by atoms with van der Waals surface area (Å²) >= 11 is 14.6. The van der Waals surface area contributed by atoms with Crippen molar-refractivity contribution in [3.63, 3.8) is 0 Å². The number of benzene rings is 1. The van der Waals surface area contributed by atoms with Gasteiger partial charge in [0, 0.05) is 16.3 Å². The average molecular weight is 427 g/mol. The third kappa shape index (κ3) is 4.27. The molecule has 26 heavy (non-hydrogen) atoms. The SMILES string of the molecule is NC(=N/N=C\c1cccs1)S[C@@H]1CC(=O)N(c2cc(Cl)ccc2Cl)C1=O. The maximum atomic E-state index is 12.6. The third-order valence-electron chi connectivity index (χ3n) is 3.40. The van der Waals surface area contributed by atoms with Crippen molar-refractivity contribution in [3.05, 3.63) is 50.6 Å². The van der Waals surface area contributed by atoms with Crippen LogP contribution in [-0.4, -0.2) is 28.4 Å². The van der Waals surface area contributed by atoms with E-state index in [2.05, 4.69) is 10.2 Å². The summed E-state index contributed by atoms with van der Waals surface area (Å²) in [5, 5.41) is 9.72. The van der Waals surface area contributed by atoms with E-state index in [1.165, 1.54) is 23.5 Å². The first kappa shape index (κ1) is 18.9. The van der Waals surface area contributed by atoms with Gasteiger partial charge in [0.25, 0.3) is 0 Å². The number of carbonyl (C=O) groups is 2. The molecule has 1 aromatic carbocycles. The minimum absolute atomic E-state index is 0.00278. The highest BCUT2D eigenvalue weighted by atomic mass is 35.5. The van der Waals surface area contributed by atoms with Crippen LogP contribution in [-0.2, 0) is 9.59 Å². The molecule has 2 aromatic rings. The van der Waals surface area contributed by atoms with Gasteiger partial charge in [0.15, 0.2) is 5.17 Å². The molecule has 0 bridgehead atoms. The normalized spacial score (nSPS) is 18.3. The zero-order valence-electron chi connectivity index (χ0n) is 13.1. The first-order valence-corrected chi connectivity index (χ1v) is 9.85. The van der Waals surface area contributed by atoms with Crippen LogP contribution < -0.4 is 10.6 Å². The third-order valence-corrected chi connectivity index (χ3v) is 5.74. The Kier molecular flexibility index (Phi) is 5.98. The standard InChI is InChI=1S/C16H12Cl2N4O2S2/c17-9-3-4-11(18)12(6-9)22-14(23)7-13(15(22)24)26-16(19)21-20-8-10-2-1-5-25-10/h1-6,8,13H,7H2,(H2,19,21)/b20-8-/t13-/m1/s1. The predicted molar refractivity (Wildman–Crippen MR) is 108 cm³/mol. The number of nitrogens with zero attached hydrogens (tertiary/aromatic N) is 3. The van der Waals surface area contributed by atoms with Gasteiger partial charge in [-0.3, -0.25) is 9.59 Å². The lowest BCUT2D eigenvalue weighted by Gasteiger charge is -2.16. The van der Waals surface area contributed by atoms with Crippen LogP contribution >= 0.6 is 46.3 Å². The van der Waals surface area contributed by atoms with E-state index in [0.717, 1.165) is 21.5 Å².